The van der Waals surface area contributed by atoms with Crippen molar-refractivity contribution in [1.82, 2.24) is 10.2 Å². The number of non-ortho nitro benzene ring substituents is 1. The summed E-state index contributed by atoms with van der Waals surface area (Å²) in [7, 11) is 0. The van der Waals surface area contributed by atoms with Crippen LogP contribution in [-0.4, -0.2) is 48.0 Å². The Morgan fingerprint density at radius 3 is 2.50 bits per heavy atom. The zero-order valence-corrected chi connectivity index (χ0v) is 11.2. The lowest BCUT2D eigenvalue weighted by Gasteiger charge is -2.29. The van der Waals surface area contributed by atoms with Crippen LogP contribution >= 0.6 is 0 Å². The minimum atomic E-state index is -0.602. The van der Waals surface area contributed by atoms with E-state index in [1.807, 2.05) is 0 Å². The molecule has 7 heteroatoms. The van der Waals surface area contributed by atoms with Crippen molar-refractivity contribution in [2.24, 2.45) is 0 Å². The molecule has 1 aliphatic heterocycles. The molecule has 1 heterocycles. The molecule has 7 nitrogen and oxygen atoms in total. The molecule has 1 atom stereocenters. The number of amides is 1. The minimum absolute atomic E-state index is 0.00145. The largest absolute Gasteiger partial charge is 0.481 e. The van der Waals surface area contributed by atoms with Gasteiger partial charge in [-0.2, -0.15) is 0 Å². The fourth-order valence-electron chi connectivity index (χ4n) is 2.04. The zero-order valence-electron chi connectivity index (χ0n) is 11.2. The summed E-state index contributed by atoms with van der Waals surface area (Å²) in [5.41, 5.74) is -0.00145. The van der Waals surface area contributed by atoms with Gasteiger partial charge in [0.05, 0.1) is 4.92 Å². The number of nitro benzene ring substituents is 1. The molecule has 108 valence electrons. The lowest BCUT2D eigenvalue weighted by atomic mass is 10.2. The van der Waals surface area contributed by atoms with Gasteiger partial charge in [-0.25, -0.2) is 0 Å². The van der Waals surface area contributed by atoms with Crippen LogP contribution in [0.1, 0.15) is 6.92 Å². The Morgan fingerprint density at radius 2 is 1.95 bits per heavy atom. The van der Waals surface area contributed by atoms with Crippen LogP contribution in [0.15, 0.2) is 24.3 Å². The van der Waals surface area contributed by atoms with Crippen LogP contribution in [0.25, 0.3) is 0 Å². The normalized spacial score (nSPS) is 16.6. The van der Waals surface area contributed by atoms with Gasteiger partial charge in [0.1, 0.15) is 5.75 Å². The number of hydrogen-bond donors (Lipinski definition) is 1. The Kier molecular flexibility index (Phi) is 4.52. The number of piperazine rings is 1. The number of nitrogens with one attached hydrogen (secondary N) is 1. The van der Waals surface area contributed by atoms with Crippen LogP contribution in [0.3, 0.4) is 0 Å². The highest BCUT2D eigenvalue weighted by atomic mass is 16.6. The second-order valence-electron chi connectivity index (χ2n) is 4.59. The standard InChI is InChI=1S/C13H17N3O4/c1-10(13(17)15-8-6-14-7-9-15)20-12-4-2-11(3-5-12)16(18)19/h2-5,10,14H,6-9H2,1H3. The van der Waals surface area contributed by atoms with Gasteiger partial charge in [-0.05, 0) is 19.1 Å². The predicted octanol–water partition coefficient (Wildman–Crippen LogP) is 0.794. The molecule has 1 unspecified atom stereocenters. The van der Waals surface area contributed by atoms with E-state index in [2.05, 4.69) is 5.32 Å². The number of hydrogen-bond acceptors (Lipinski definition) is 5. The smallest absolute Gasteiger partial charge is 0.269 e. The fraction of sp³-hybridized carbons (Fsp3) is 0.462. The molecule has 0 radical (unpaired) electrons. The summed E-state index contributed by atoms with van der Waals surface area (Å²) >= 11 is 0. The van der Waals surface area contributed by atoms with Crippen LogP contribution in [0, 0.1) is 10.1 Å². The molecule has 1 N–H and O–H groups in total. The first kappa shape index (κ1) is 14.3. The average molecular weight is 279 g/mol. The van der Waals surface area contributed by atoms with E-state index < -0.39 is 11.0 Å². The van der Waals surface area contributed by atoms with E-state index in [-0.39, 0.29) is 11.6 Å². The van der Waals surface area contributed by atoms with Gasteiger partial charge < -0.3 is 15.0 Å². The number of nitro groups is 1. The Hall–Kier alpha value is -2.15. The third-order valence-electron chi connectivity index (χ3n) is 3.14. The summed E-state index contributed by atoms with van der Waals surface area (Å²) in [6.45, 7) is 4.61. The molecule has 0 bridgehead atoms. The zero-order chi connectivity index (χ0) is 14.5. The first-order chi connectivity index (χ1) is 9.58. The topological polar surface area (TPSA) is 84.7 Å². The van der Waals surface area contributed by atoms with Crippen molar-refractivity contribution >= 4 is 11.6 Å². The van der Waals surface area contributed by atoms with Crippen molar-refractivity contribution in [1.29, 1.82) is 0 Å². The second-order valence-corrected chi connectivity index (χ2v) is 4.59. The number of carbonyl (C=O) groups is 1. The van der Waals surface area contributed by atoms with E-state index in [4.69, 9.17) is 4.74 Å². The highest BCUT2D eigenvalue weighted by Crippen LogP contribution is 2.18. The first-order valence-corrected chi connectivity index (χ1v) is 6.48. The maximum atomic E-state index is 12.1. The summed E-state index contributed by atoms with van der Waals surface area (Å²) < 4.78 is 5.53. The van der Waals surface area contributed by atoms with Crippen LogP contribution in [0.2, 0.25) is 0 Å². The summed E-state index contributed by atoms with van der Waals surface area (Å²) in [6.07, 6.45) is -0.602. The lowest BCUT2D eigenvalue weighted by Crippen LogP contribution is -2.50. The molecule has 0 aromatic heterocycles. The van der Waals surface area contributed by atoms with Crippen molar-refractivity contribution in [3.8, 4) is 5.75 Å². The van der Waals surface area contributed by atoms with Gasteiger partial charge in [-0.3, -0.25) is 14.9 Å². The molecule has 2 rings (SSSR count). The number of rotatable bonds is 4. The van der Waals surface area contributed by atoms with Gasteiger partial charge in [-0.1, -0.05) is 0 Å². The Bertz CT molecular complexity index is 483. The van der Waals surface area contributed by atoms with Gasteiger partial charge >= 0.3 is 0 Å². The van der Waals surface area contributed by atoms with Crippen molar-refractivity contribution in [3.63, 3.8) is 0 Å². The molecule has 20 heavy (non-hydrogen) atoms. The Balaban J connectivity index is 1.94. The fourth-order valence-corrected chi connectivity index (χ4v) is 2.04. The third-order valence-corrected chi connectivity index (χ3v) is 3.14. The van der Waals surface area contributed by atoms with E-state index in [0.717, 1.165) is 13.1 Å². The SMILES string of the molecule is CC(Oc1ccc([N+](=O)[O-])cc1)C(=O)N1CCNCC1. The first-order valence-electron chi connectivity index (χ1n) is 6.48. The van der Waals surface area contributed by atoms with E-state index in [1.54, 1.807) is 11.8 Å². The predicted molar refractivity (Wildman–Crippen MR) is 72.6 cm³/mol. The Morgan fingerprint density at radius 1 is 1.35 bits per heavy atom. The molecule has 1 aliphatic rings. The number of benzene rings is 1. The van der Waals surface area contributed by atoms with Crippen molar-refractivity contribution in [3.05, 3.63) is 34.4 Å². The average Bonchev–Trinajstić information content (AvgIpc) is 2.48. The quantitative estimate of drug-likeness (QED) is 0.650. The number of ether oxygens (including phenoxy) is 1. The molecular weight excluding hydrogens is 262 g/mol. The summed E-state index contributed by atoms with van der Waals surface area (Å²) in [4.78, 5) is 24.0. The molecule has 1 saturated heterocycles. The number of carbonyl (C=O) groups excluding carboxylic acids is 1. The van der Waals surface area contributed by atoms with E-state index >= 15 is 0 Å². The van der Waals surface area contributed by atoms with Crippen molar-refractivity contribution in [2.75, 3.05) is 26.2 Å². The third kappa shape index (κ3) is 3.45. The maximum absolute atomic E-state index is 12.1. The lowest BCUT2D eigenvalue weighted by molar-refractivity contribution is -0.384. The minimum Gasteiger partial charge on any atom is -0.481 e. The Labute approximate surface area is 116 Å². The highest BCUT2D eigenvalue weighted by molar-refractivity contribution is 5.81. The van der Waals surface area contributed by atoms with Gasteiger partial charge in [-0.15, -0.1) is 0 Å². The maximum Gasteiger partial charge on any atom is 0.269 e. The molecule has 0 spiro atoms. The molecule has 1 fully saturated rings. The van der Waals surface area contributed by atoms with Gasteiger partial charge in [0.15, 0.2) is 6.10 Å². The summed E-state index contributed by atoms with van der Waals surface area (Å²) in [5, 5.41) is 13.7. The van der Waals surface area contributed by atoms with E-state index in [0.29, 0.717) is 18.8 Å². The summed E-state index contributed by atoms with van der Waals surface area (Å²) in [5.74, 6) is 0.386. The summed E-state index contributed by atoms with van der Waals surface area (Å²) in [6, 6.07) is 5.72. The van der Waals surface area contributed by atoms with Crippen LogP contribution < -0.4 is 10.1 Å². The van der Waals surface area contributed by atoms with E-state index in [1.165, 1.54) is 24.3 Å². The molecule has 1 aromatic rings. The van der Waals surface area contributed by atoms with Gasteiger partial charge in [0, 0.05) is 38.3 Å². The second kappa shape index (κ2) is 6.33. The molecule has 0 aliphatic carbocycles. The number of nitrogens with zero attached hydrogens (tertiary/aromatic N) is 2. The van der Waals surface area contributed by atoms with Gasteiger partial charge in [0.2, 0.25) is 0 Å². The van der Waals surface area contributed by atoms with Gasteiger partial charge in [0.25, 0.3) is 11.6 Å². The van der Waals surface area contributed by atoms with Crippen LogP contribution in [-0.2, 0) is 4.79 Å². The van der Waals surface area contributed by atoms with E-state index in [9.17, 15) is 14.9 Å². The van der Waals surface area contributed by atoms with Crippen LogP contribution in [0.4, 0.5) is 5.69 Å². The molecule has 1 aromatic carbocycles. The highest BCUT2D eigenvalue weighted by Gasteiger charge is 2.23. The van der Waals surface area contributed by atoms with Crippen molar-refractivity contribution < 1.29 is 14.5 Å². The van der Waals surface area contributed by atoms with Crippen molar-refractivity contribution in [2.45, 2.75) is 13.0 Å². The molecule has 0 saturated carbocycles. The van der Waals surface area contributed by atoms with Crippen LogP contribution in [0.5, 0.6) is 5.75 Å². The molecule has 1 amide bonds. The molecular formula is C13H17N3O4. The monoisotopic (exact) mass is 279 g/mol.